The molecule has 0 aromatic carbocycles. The van der Waals surface area contributed by atoms with Gasteiger partial charge in [-0.1, -0.05) is 0 Å². The van der Waals surface area contributed by atoms with Gasteiger partial charge < -0.3 is 21.7 Å². The van der Waals surface area contributed by atoms with Gasteiger partial charge in [0.1, 0.15) is 5.60 Å². The SMILES string of the molecule is CC(C)(C)OC(=O)C[n+]1ccc(-c2nc3cnccn3n2)cc1.[Br-]. The standard InChI is InChI=1S/C16H18N5O2.BrH/c1-16(2,3)23-14(22)11-20-7-4-12(5-8-20)15-18-13-10-17-6-9-21(13)19-15;/h4-10H,11H2,1-3H3;1H/q+1;/p-1. The lowest BCUT2D eigenvalue weighted by Gasteiger charge is -2.18. The Bertz CT molecular complexity index is 807. The molecule has 0 aliphatic rings. The van der Waals surface area contributed by atoms with Crippen LogP contribution < -0.4 is 21.5 Å². The van der Waals surface area contributed by atoms with Crippen LogP contribution in [0.4, 0.5) is 0 Å². The Morgan fingerprint density at radius 1 is 1.29 bits per heavy atom. The maximum Gasteiger partial charge on any atom is 0.373 e. The fourth-order valence-electron chi connectivity index (χ4n) is 2.10. The van der Waals surface area contributed by atoms with Crippen molar-refractivity contribution in [1.82, 2.24) is 19.6 Å². The van der Waals surface area contributed by atoms with Crippen molar-refractivity contribution in [2.24, 2.45) is 0 Å². The zero-order chi connectivity index (χ0) is 16.4. The van der Waals surface area contributed by atoms with Gasteiger partial charge in [0.05, 0.1) is 6.20 Å². The molecule has 3 aromatic heterocycles. The molecule has 0 N–H and O–H groups in total. The second kappa shape index (κ2) is 7.04. The summed E-state index contributed by atoms with van der Waals surface area (Å²) in [5.74, 6) is 0.342. The summed E-state index contributed by atoms with van der Waals surface area (Å²) in [6.07, 6.45) is 8.68. The Kier molecular flexibility index (Phi) is 5.28. The Hall–Kier alpha value is -2.35. The van der Waals surface area contributed by atoms with E-state index in [9.17, 15) is 4.79 Å². The average molecular weight is 392 g/mol. The van der Waals surface area contributed by atoms with Gasteiger partial charge in [-0.25, -0.2) is 14.3 Å². The van der Waals surface area contributed by atoms with Crippen LogP contribution in [0, 0.1) is 0 Å². The highest BCUT2D eigenvalue weighted by Gasteiger charge is 2.19. The number of pyridine rings is 1. The lowest BCUT2D eigenvalue weighted by atomic mass is 10.2. The van der Waals surface area contributed by atoms with Crippen molar-refractivity contribution in [2.45, 2.75) is 32.9 Å². The van der Waals surface area contributed by atoms with Crippen molar-refractivity contribution in [2.75, 3.05) is 0 Å². The van der Waals surface area contributed by atoms with Crippen LogP contribution in [0.2, 0.25) is 0 Å². The first-order valence-electron chi connectivity index (χ1n) is 7.28. The van der Waals surface area contributed by atoms with Gasteiger partial charge in [-0.15, -0.1) is 5.10 Å². The monoisotopic (exact) mass is 391 g/mol. The van der Waals surface area contributed by atoms with E-state index in [1.54, 1.807) is 27.7 Å². The van der Waals surface area contributed by atoms with E-state index in [-0.39, 0.29) is 29.5 Å². The van der Waals surface area contributed by atoms with Gasteiger partial charge >= 0.3 is 5.97 Å². The van der Waals surface area contributed by atoms with Crippen molar-refractivity contribution in [1.29, 1.82) is 0 Å². The normalized spacial score (nSPS) is 11.1. The molecule has 0 aliphatic carbocycles. The number of aromatic nitrogens is 5. The predicted octanol–water partition coefficient (Wildman–Crippen LogP) is -1.58. The molecule has 0 saturated carbocycles. The Morgan fingerprint density at radius 2 is 2.00 bits per heavy atom. The summed E-state index contributed by atoms with van der Waals surface area (Å²) in [6.45, 7) is 5.72. The Morgan fingerprint density at radius 3 is 2.62 bits per heavy atom. The first kappa shape index (κ1) is 18.0. The van der Waals surface area contributed by atoms with Crippen LogP contribution in [0.5, 0.6) is 0 Å². The number of rotatable bonds is 3. The number of hydrogen-bond acceptors (Lipinski definition) is 5. The van der Waals surface area contributed by atoms with E-state index in [0.717, 1.165) is 5.56 Å². The first-order valence-corrected chi connectivity index (χ1v) is 7.28. The molecule has 3 heterocycles. The van der Waals surface area contributed by atoms with E-state index in [0.29, 0.717) is 11.5 Å². The van der Waals surface area contributed by atoms with Gasteiger partial charge in [0.25, 0.3) is 0 Å². The number of carbonyl (C=O) groups is 1. The van der Waals surface area contributed by atoms with Crippen LogP contribution in [0.1, 0.15) is 20.8 Å². The highest BCUT2D eigenvalue weighted by Crippen LogP contribution is 2.13. The minimum absolute atomic E-state index is 0. The molecule has 126 valence electrons. The van der Waals surface area contributed by atoms with Crippen molar-refractivity contribution in [3.63, 3.8) is 0 Å². The van der Waals surface area contributed by atoms with Crippen molar-refractivity contribution < 1.29 is 31.1 Å². The number of hydrogen-bond donors (Lipinski definition) is 0. The second-order valence-electron chi connectivity index (χ2n) is 6.16. The highest BCUT2D eigenvalue weighted by atomic mass is 79.9. The van der Waals surface area contributed by atoms with Crippen molar-refractivity contribution >= 4 is 11.6 Å². The molecule has 0 radical (unpaired) electrons. The molecular weight excluding hydrogens is 374 g/mol. The maximum atomic E-state index is 11.8. The summed E-state index contributed by atoms with van der Waals surface area (Å²) in [4.78, 5) is 20.2. The van der Waals surface area contributed by atoms with Crippen LogP contribution in [-0.2, 0) is 16.1 Å². The summed E-state index contributed by atoms with van der Waals surface area (Å²) < 4.78 is 8.73. The van der Waals surface area contributed by atoms with E-state index in [1.807, 2.05) is 45.3 Å². The van der Waals surface area contributed by atoms with E-state index in [1.165, 1.54) is 0 Å². The van der Waals surface area contributed by atoms with Gasteiger partial charge in [-0.3, -0.25) is 4.98 Å². The molecule has 0 amide bonds. The number of fused-ring (bicyclic) bond motifs is 1. The zero-order valence-electron chi connectivity index (χ0n) is 13.7. The Balaban J connectivity index is 0.00000208. The lowest BCUT2D eigenvalue weighted by molar-refractivity contribution is -0.686. The van der Waals surface area contributed by atoms with Gasteiger partial charge in [-0.2, -0.15) is 4.57 Å². The fraction of sp³-hybridized carbons (Fsp3) is 0.312. The minimum Gasteiger partial charge on any atom is -1.00 e. The fourth-order valence-corrected chi connectivity index (χ4v) is 2.10. The Labute approximate surface area is 150 Å². The molecular formula is C16H18BrN5O2. The van der Waals surface area contributed by atoms with Crippen LogP contribution in [0.15, 0.2) is 43.1 Å². The summed E-state index contributed by atoms with van der Waals surface area (Å²) in [5, 5.41) is 4.39. The largest absolute Gasteiger partial charge is 1.00 e. The summed E-state index contributed by atoms with van der Waals surface area (Å²) in [6, 6.07) is 3.74. The molecule has 3 rings (SSSR count). The first-order chi connectivity index (χ1) is 10.9. The number of nitrogens with zero attached hydrogens (tertiary/aromatic N) is 5. The molecule has 0 spiro atoms. The van der Waals surface area contributed by atoms with E-state index in [4.69, 9.17) is 4.74 Å². The number of carbonyl (C=O) groups excluding carboxylic acids is 1. The molecule has 7 nitrogen and oxygen atoms in total. The van der Waals surface area contributed by atoms with E-state index in [2.05, 4.69) is 15.1 Å². The van der Waals surface area contributed by atoms with Crippen LogP contribution in [-0.4, -0.2) is 31.2 Å². The molecule has 24 heavy (non-hydrogen) atoms. The second-order valence-corrected chi connectivity index (χ2v) is 6.16. The number of esters is 1. The van der Waals surface area contributed by atoms with Crippen LogP contribution >= 0.6 is 0 Å². The molecule has 0 fully saturated rings. The minimum atomic E-state index is -0.480. The van der Waals surface area contributed by atoms with E-state index >= 15 is 0 Å². The zero-order valence-corrected chi connectivity index (χ0v) is 15.3. The van der Waals surface area contributed by atoms with Gasteiger partial charge in [0.15, 0.2) is 23.9 Å². The van der Waals surface area contributed by atoms with Gasteiger partial charge in [0.2, 0.25) is 6.54 Å². The van der Waals surface area contributed by atoms with Gasteiger partial charge in [0, 0.05) is 30.1 Å². The van der Waals surface area contributed by atoms with Crippen molar-refractivity contribution in [3.05, 3.63) is 43.1 Å². The topological polar surface area (TPSA) is 73.3 Å². The average Bonchev–Trinajstić information content (AvgIpc) is 2.89. The third-order valence-corrected chi connectivity index (χ3v) is 3.02. The number of ether oxygens (including phenoxy) is 1. The lowest BCUT2D eigenvalue weighted by Crippen LogP contribution is -3.00. The van der Waals surface area contributed by atoms with Crippen LogP contribution in [0.3, 0.4) is 0 Å². The number of halogens is 1. The third-order valence-electron chi connectivity index (χ3n) is 3.02. The van der Waals surface area contributed by atoms with Gasteiger partial charge in [-0.05, 0) is 20.8 Å². The summed E-state index contributed by atoms with van der Waals surface area (Å²) >= 11 is 0. The molecule has 3 aromatic rings. The predicted molar refractivity (Wildman–Crippen MR) is 82.3 cm³/mol. The van der Waals surface area contributed by atoms with E-state index < -0.39 is 5.60 Å². The summed E-state index contributed by atoms with van der Waals surface area (Å²) in [7, 11) is 0. The molecule has 0 saturated heterocycles. The molecule has 0 unspecified atom stereocenters. The van der Waals surface area contributed by atoms with Crippen LogP contribution in [0.25, 0.3) is 17.0 Å². The summed E-state index contributed by atoms with van der Waals surface area (Å²) in [5.41, 5.74) is 1.08. The smallest absolute Gasteiger partial charge is 0.373 e. The van der Waals surface area contributed by atoms with Crippen molar-refractivity contribution in [3.8, 4) is 11.4 Å². The third kappa shape index (κ3) is 4.35. The molecule has 0 bridgehead atoms. The highest BCUT2D eigenvalue weighted by molar-refractivity contribution is 5.68. The maximum absolute atomic E-state index is 11.8. The molecule has 0 aliphatic heterocycles. The quantitative estimate of drug-likeness (QED) is 0.398. The molecule has 0 atom stereocenters. The molecule has 8 heteroatoms.